The Morgan fingerprint density at radius 3 is 2.69 bits per heavy atom. The van der Waals surface area contributed by atoms with Crippen LogP contribution in [0.1, 0.15) is 37.7 Å². The van der Waals surface area contributed by atoms with Crippen LogP contribution in [-0.4, -0.2) is 25.4 Å². The molecule has 3 aromatic rings. The summed E-state index contributed by atoms with van der Waals surface area (Å²) in [5, 5.41) is 14.0. The van der Waals surface area contributed by atoms with Crippen molar-refractivity contribution in [2.75, 3.05) is 5.32 Å². The molecule has 0 amide bonds. The third-order valence-corrected chi connectivity index (χ3v) is 4.21. The summed E-state index contributed by atoms with van der Waals surface area (Å²) in [5.74, 6) is -0.0910. The molecule has 1 N–H and O–H groups in total. The number of hydrogen-bond acceptors (Lipinski definition) is 5. The van der Waals surface area contributed by atoms with Crippen LogP contribution in [0.25, 0.3) is 5.65 Å². The lowest BCUT2D eigenvalue weighted by Gasteiger charge is -2.38. The van der Waals surface area contributed by atoms with E-state index in [4.69, 9.17) is 4.74 Å². The Labute approximate surface area is 147 Å². The molecule has 0 bridgehead atoms. The average molecular weight is 363 g/mol. The molecule has 9 heteroatoms. The van der Waals surface area contributed by atoms with Gasteiger partial charge in [-0.05, 0) is 32.0 Å². The highest BCUT2D eigenvalue weighted by atomic mass is 19.4. The topological polar surface area (TPSA) is 64.3 Å². The van der Waals surface area contributed by atoms with Gasteiger partial charge in [0.1, 0.15) is 17.2 Å². The number of nitrogens with zero attached hydrogens (tertiary/aromatic N) is 4. The van der Waals surface area contributed by atoms with Crippen LogP contribution in [0, 0.1) is 0 Å². The fourth-order valence-electron chi connectivity index (χ4n) is 3.15. The highest BCUT2D eigenvalue weighted by molar-refractivity contribution is 5.48. The first-order chi connectivity index (χ1) is 12.2. The lowest BCUT2D eigenvalue weighted by Crippen LogP contribution is -2.37. The van der Waals surface area contributed by atoms with Gasteiger partial charge in [-0.1, -0.05) is 18.2 Å². The maximum absolute atomic E-state index is 13.0. The van der Waals surface area contributed by atoms with Crippen LogP contribution in [0.15, 0.2) is 36.4 Å². The molecule has 1 aromatic carbocycles. The van der Waals surface area contributed by atoms with Crippen molar-refractivity contribution >= 4 is 11.5 Å². The number of ether oxygens (including phenoxy) is 1. The molecule has 26 heavy (non-hydrogen) atoms. The maximum Gasteiger partial charge on any atom is 0.453 e. The van der Waals surface area contributed by atoms with Crippen LogP contribution < -0.4 is 10.1 Å². The zero-order valence-corrected chi connectivity index (χ0v) is 14.1. The number of benzene rings is 1. The fourth-order valence-corrected chi connectivity index (χ4v) is 3.15. The van der Waals surface area contributed by atoms with E-state index >= 15 is 0 Å². The molecule has 0 radical (unpaired) electrons. The Kier molecular flexibility index (Phi) is 3.57. The number of anilines is 1. The van der Waals surface area contributed by atoms with Crippen molar-refractivity contribution in [1.82, 2.24) is 19.8 Å². The molecule has 0 spiro atoms. The molecular formula is C17H16F3N5O. The van der Waals surface area contributed by atoms with Crippen LogP contribution in [0.2, 0.25) is 0 Å². The average Bonchev–Trinajstić information content (AvgIpc) is 2.97. The number of para-hydroxylation sites is 1. The van der Waals surface area contributed by atoms with E-state index in [1.807, 2.05) is 38.1 Å². The molecular weight excluding hydrogens is 347 g/mol. The zero-order valence-electron chi connectivity index (χ0n) is 14.1. The second kappa shape index (κ2) is 5.58. The first-order valence-corrected chi connectivity index (χ1v) is 8.07. The fraction of sp³-hybridized carbons (Fsp3) is 0.353. The quantitative estimate of drug-likeness (QED) is 0.749. The number of rotatable bonds is 2. The zero-order chi connectivity index (χ0) is 18.5. The van der Waals surface area contributed by atoms with Crippen molar-refractivity contribution in [2.45, 2.75) is 38.1 Å². The van der Waals surface area contributed by atoms with Crippen molar-refractivity contribution in [2.24, 2.45) is 0 Å². The van der Waals surface area contributed by atoms with Gasteiger partial charge < -0.3 is 10.1 Å². The molecule has 6 nitrogen and oxygen atoms in total. The lowest BCUT2D eigenvalue weighted by molar-refractivity contribution is -0.146. The van der Waals surface area contributed by atoms with Crippen molar-refractivity contribution in [3.63, 3.8) is 0 Å². The minimum Gasteiger partial charge on any atom is -0.487 e. The van der Waals surface area contributed by atoms with E-state index in [1.165, 1.54) is 6.07 Å². The highest BCUT2D eigenvalue weighted by Crippen LogP contribution is 2.40. The van der Waals surface area contributed by atoms with Crippen LogP contribution in [-0.2, 0) is 6.18 Å². The monoisotopic (exact) mass is 363 g/mol. The van der Waals surface area contributed by atoms with Gasteiger partial charge in [0.25, 0.3) is 5.82 Å². The predicted octanol–water partition coefficient (Wildman–Crippen LogP) is 3.86. The van der Waals surface area contributed by atoms with Gasteiger partial charge in [-0.25, -0.2) is 0 Å². The molecule has 1 atom stereocenters. The number of aromatic nitrogens is 4. The normalized spacial score (nSPS) is 19.0. The van der Waals surface area contributed by atoms with Gasteiger partial charge in [0.05, 0.1) is 6.04 Å². The second-order valence-electron chi connectivity index (χ2n) is 6.81. The molecule has 1 aliphatic rings. The Balaban J connectivity index is 1.71. The van der Waals surface area contributed by atoms with Gasteiger partial charge in [0, 0.05) is 12.0 Å². The molecule has 4 rings (SSSR count). The minimum atomic E-state index is -4.63. The summed E-state index contributed by atoms with van der Waals surface area (Å²) >= 11 is 0. The van der Waals surface area contributed by atoms with E-state index in [0.29, 0.717) is 16.8 Å². The third kappa shape index (κ3) is 2.93. The number of nitrogens with one attached hydrogen (secondary N) is 1. The lowest BCUT2D eigenvalue weighted by atomic mass is 9.90. The second-order valence-corrected chi connectivity index (χ2v) is 6.81. The van der Waals surface area contributed by atoms with Crippen LogP contribution in [0.3, 0.4) is 0 Å². The molecule has 2 aromatic heterocycles. The number of hydrogen-bond donors (Lipinski definition) is 1. The van der Waals surface area contributed by atoms with Gasteiger partial charge in [-0.3, -0.25) is 0 Å². The van der Waals surface area contributed by atoms with Gasteiger partial charge in [0.2, 0.25) is 0 Å². The minimum absolute atomic E-state index is 0.0376. The maximum atomic E-state index is 13.0. The number of halogens is 3. The first-order valence-electron chi connectivity index (χ1n) is 8.07. The molecule has 0 fully saturated rings. The van der Waals surface area contributed by atoms with Crippen LogP contribution >= 0.6 is 0 Å². The van der Waals surface area contributed by atoms with Crippen LogP contribution in [0.4, 0.5) is 19.0 Å². The van der Waals surface area contributed by atoms with Crippen molar-refractivity contribution in [3.8, 4) is 5.75 Å². The summed E-state index contributed by atoms with van der Waals surface area (Å²) in [5.41, 5.74) is 0.563. The van der Waals surface area contributed by atoms with E-state index in [-0.39, 0.29) is 11.7 Å². The standard InChI is InChI=1S/C17H16F3N5O/c1-16(2)9-11(10-5-3-4-6-12(10)26-16)21-13-7-8-14-22-23-15(17(18,19)20)25(14)24-13/h3-8,11H,9H2,1-2H3,(H,21,24). The predicted molar refractivity (Wildman–Crippen MR) is 87.9 cm³/mol. The first kappa shape index (κ1) is 16.6. The van der Waals surface area contributed by atoms with Gasteiger partial charge in [-0.2, -0.15) is 17.7 Å². The Morgan fingerprint density at radius 2 is 1.92 bits per heavy atom. The summed E-state index contributed by atoms with van der Waals surface area (Å²) in [6, 6.07) is 10.5. The number of fused-ring (bicyclic) bond motifs is 2. The summed E-state index contributed by atoms with van der Waals surface area (Å²) < 4.78 is 45.8. The SMILES string of the molecule is CC1(C)CC(Nc2ccc3nnc(C(F)(F)F)n3n2)c2ccccc2O1. The molecule has 1 unspecified atom stereocenters. The molecule has 0 saturated carbocycles. The summed E-state index contributed by atoms with van der Waals surface area (Å²) in [6.07, 6.45) is -3.99. The summed E-state index contributed by atoms with van der Waals surface area (Å²) in [6.45, 7) is 3.94. The molecule has 3 heterocycles. The molecule has 0 saturated heterocycles. The highest BCUT2D eigenvalue weighted by Gasteiger charge is 2.38. The Bertz CT molecular complexity index is 966. The van der Waals surface area contributed by atoms with Gasteiger partial charge in [-0.15, -0.1) is 15.3 Å². The van der Waals surface area contributed by atoms with Crippen molar-refractivity contribution in [1.29, 1.82) is 0 Å². The Hall–Kier alpha value is -2.84. The van der Waals surface area contributed by atoms with Crippen molar-refractivity contribution < 1.29 is 17.9 Å². The molecule has 1 aliphatic heterocycles. The summed E-state index contributed by atoms with van der Waals surface area (Å²) in [7, 11) is 0. The number of alkyl halides is 3. The van der Waals surface area contributed by atoms with E-state index in [1.54, 1.807) is 6.07 Å². The molecule has 136 valence electrons. The van der Waals surface area contributed by atoms with Crippen molar-refractivity contribution in [3.05, 3.63) is 47.8 Å². The third-order valence-electron chi connectivity index (χ3n) is 4.21. The smallest absolute Gasteiger partial charge is 0.453 e. The van der Waals surface area contributed by atoms with Gasteiger partial charge >= 0.3 is 6.18 Å². The van der Waals surface area contributed by atoms with E-state index in [0.717, 1.165) is 11.3 Å². The summed E-state index contributed by atoms with van der Waals surface area (Å²) in [4.78, 5) is 0. The largest absolute Gasteiger partial charge is 0.487 e. The van der Waals surface area contributed by atoms with E-state index in [2.05, 4.69) is 20.6 Å². The Morgan fingerprint density at radius 1 is 1.15 bits per heavy atom. The van der Waals surface area contributed by atoms with E-state index in [9.17, 15) is 13.2 Å². The van der Waals surface area contributed by atoms with E-state index < -0.39 is 17.6 Å². The molecule has 0 aliphatic carbocycles. The van der Waals surface area contributed by atoms with Crippen LogP contribution in [0.5, 0.6) is 5.75 Å². The van der Waals surface area contributed by atoms with Gasteiger partial charge in [0.15, 0.2) is 5.65 Å².